The molecular formula is C15H22BrNO3. The molecule has 0 aliphatic heterocycles. The van der Waals surface area contributed by atoms with Crippen molar-refractivity contribution < 1.29 is 14.6 Å². The molecule has 5 heteroatoms. The maximum Gasteiger partial charge on any atom is 0.133 e. The highest BCUT2D eigenvalue weighted by Gasteiger charge is 2.25. The molecule has 0 amide bonds. The Labute approximate surface area is 128 Å². The van der Waals surface area contributed by atoms with Crippen LogP contribution in [0.5, 0.6) is 11.5 Å². The predicted molar refractivity (Wildman–Crippen MR) is 82.4 cm³/mol. The maximum atomic E-state index is 9.25. The highest BCUT2D eigenvalue weighted by atomic mass is 79.9. The predicted octanol–water partition coefficient (Wildman–Crippen LogP) is 2.81. The Bertz CT molecular complexity index is 449. The Balaban J connectivity index is 2.20. The standard InChI is InChI=1S/C15H22BrNO3/c1-19-14-9-13(16)15(20-2)8-11(14)10-17(6-7-18)12-4-3-5-12/h8-9,12,18H,3-7,10H2,1-2H3. The van der Waals surface area contributed by atoms with Crippen LogP contribution in [0.25, 0.3) is 0 Å². The molecule has 0 unspecified atom stereocenters. The Kier molecular flexibility index (Phi) is 5.69. The summed E-state index contributed by atoms with van der Waals surface area (Å²) >= 11 is 3.47. The fourth-order valence-corrected chi connectivity index (χ4v) is 3.02. The van der Waals surface area contributed by atoms with Gasteiger partial charge in [0.1, 0.15) is 11.5 Å². The quantitative estimate of drug-likeness (QED) is 0.826. The van der Waals surface area contributed by atoms with Crippen LogP contribution in [0.15, 0.2) is 16.6 Å². The summed E-state index contributed by atoms with van der Waals surface area (Å²) in [5.41, 5.74) is 1.09. The van der Waals surface area contributed by atoms with Crippen LogP contribution in [0.4, 0.5) is 0 Å². The molecule has 1 aromatic rings. The van der Waals surface area contributed by atoms with E-state index >= 15 is 0 Å². The van der Waals surface area contributed by atoms with Crippen LogP contribution < -0.4 is 9.47 Å². The third-order valence-electron chi connectivity index (χ3n) is 3.91. The molecule has 0 aromatic heterocycles. The number of hydrogen-bond donors (Lipinski definition) is 1. The van der Waals surface area contributed by atoms with Gasteiger partial charge in [0.05, 0.1) is 25.3 Å². The van der Waals surface area contributed by atoms with Gasteiger partial charge >= 0.3 is 0 Å². The van der Waals surface area contributed by atoms with Crippen molar-refractivity contribution in [1.29, 1.82) is 0 Å². The number of methoxy groups -OCH3 is 2. The molecule has 0 radical (unpaired) electrons. The van der Waals surface area contributed by atoms with Gasteiger partial charge in [-0.05, 0) is 40.9 Å². The molecule has 0 saturated heterocycles. The minimum absolute atomic E-state index is 0.187. The normalized spacial score (nSPS) is 15.2. The summed E-state index contributed by atoms with van der Waals surface area (Å²) in [5, 5.41) is 9.25. The molecule has 1 aliphatic rings. The van der Waals surface area contributed by atoms with Gasteiger partial charge in [-0.1, -0.05) is 6.42 Å². The van der Waals surface area contributed by atoms with Crippen LogP contribution in [0, 0.1) is 0 Å². The molecule has 1 aromatic carbocycles. The monoisotopic (exact) mass is 343 g/mol. The molecule has 1 fully saturated rings. The zero-order valence-electron chi connectivity index (χ0n) is 12.1. The average Bonchev–Trinajstić information content (AvgIpc) is 2.38. The summed E-state index contributed by atoms with van der Waals surface area (Å²) in [6.07, 6.45) is 3.72. The van der Waals surface area contributed by atoms with Crippen molar-refractivity contribution in [2.24, 2.45) is 0 Å². The van der Waals surface area contributed by atoms with E-state index < -0.39 is 0 Å². The minimum atomic E-state index is 0.187. The molecule has 1 aliphatic carbocycles. The van der Waals surface area contributed by atoms with E-state index in [1.165, 1.54) is 19.3 Å². The van der Waals surface area contributed by atoms with E-state index in [2.05, 4.69) is 20.8 Å². The molecule has 0 bridgehead atoms. The second kappa shape index (κ2) is 7.29. The van der Waals surface area contributed by atoms with Gasteiger partial charge in [0.15, 0.2) is 0 Å². The van der Waals surface area contributed by atoms with Gasteiger partial charge in [-0.25, -0.2) is 0 Å². The number of ether oxygens (including phenoxy) is 2. The molecule has 2 rings (SSSR count). The minimum Gasteiger partial charge on any atom is -0.496 e. The second-order valence-corrected chi connectivity index (χ2v) is 5.93. The largest absolute Gasteiger partial charge is 0.496 e. The lowest BCUT2D eigenvalue weighted by Crippen LogP contribution is -2.41. The summed E-state index contributed by atoms with van der Waals surface area (Å²) in [7, 11) is 3.34. The summed E-state index contributed by atoms with van der Waals surface area (Å²) in [6.45, 7) is 1.66. The van der Waals surface area contributed by atoms with E-state index in [1.807, 2.05) is 12.1 Å². The Morgan fingerprint density at radius 2 is 1.95 bits per heavy atom. The number of benzene rings is 1. The zero-order valence-corrected chi connectivity index (χ0v) is 13.6. The highest BCUT2D eigenvalue weighted by Crippen LogP contribution is 2.35. The van der Waals surface area contributed by atoms with Crippen molar-refractivity contribution in [3.8, 4) is 11.5 Å². The number of aliphatic hydroxyl groups excluding tert-OH is 1. The number of rotatable bonds is 7. The first-order valence-electron chi connectivity index (χ1n) is 6.95. The summed E-state index contributed by atoms with van der Waals surface area (Å²) in [5.74, 6) is 1.65. The van der Waals surface area contributed by atoms with Gasteiger partial charge in [-0.2, -0.15) is 0 Å². The van der Waals surface area contributed by atoms with Crippen molar-refractivity contribution in [3.05, 3.63) is 22.2 Å². The van der Waals surface area contributed by atoms with Crippen LogP contribution in [0.1, 0.15) is 24.8 Å². The van der Waals surface area contributed by atoms with E-state index in [9.17, 15) is 5.11 Å². The van der Waals surface area contributed by atoms with Crippen molar-refractivity contribution in [1.82, 2.24) is 4.90 Å². The number of aliphatic hydroxyl groups is 1. The number of hydrogen-bond acceptors (Lipinski definition) is 4. The fraction of sp³-hybridized carbons (Fsp3) is 0.600. The second-order valence-electron chi connectivity index (χ2n) is 5.08. The van der Waals surface area contributed by atoms with Gasteiger partial charge in [-0.3, -0.25) is 4.90 Å². The molecular weight excluding hydrogens is 322 g/mol. The first-order chi connectivity index (χ1) is 9.69. The number of halogens is 1. The topological polar surface area (TPSA) is 41.9 Å². The first kappa shape index (κ1) is 15.6. The van der Waals surface area contributed by atoms with Crippen molar-refractivity contribution in [3.63, 3.8) is 0 Å². The molecule has 1 saturated carbocycles. The van der Waals surface area contributed by atoms with Gasteiger partial charge < -0.3 is 14.6 Å². The van der Waals surface area contributed by atoms with E-state index in [-0.39, 0.29) is 6.61 Å². The third kappa shape index (κ3) is 3.45. The zero-order chi connectivity index (χ0) is 14.5. The van der Waals surface area contributed by atoms with Crippen LogP contribution in [-0.2, 0) is 6.54 Å². The summed E-state index contributed by atoms with van der Waals surface area (Å²) < 4.78 is 11.7. The van der Waals surface area contributed by atoms with Crippen LogP contribution in [0.2, 0.25) is 0 Å². The molecule has 0 spiro atoms. The van der Waals surface area contributed by atoms with E-state index in [0.29, 0.717) is 12.6 Å². The van der Waals surface area contributed by atoms with Gasteiger partial charge in [0.2, 0.25) is 0 Å². The van der Waals surface area contributed by atoms with Crippen molar-refractivity contribution in [2.45, 2.75) is 31.8 Å². The fourth-order valence-electron chi connectivity index (χ4n) is 2.54. The van der Waals surface area contributed by atoms with Crippen molar-refractivity contribution in [2.75, 3.05) is 27.4 Å². The SMILES string of the molecule is COc1cc(CN(CCO)C2CCC2)c(OC)cc1Br. The van der Waals surface area contributed by atoms with Crippen LogP contribution >= 0.6 is 15.9 Å². The third-order valence-corrected chi connectivity index (χ3v) is 4.53. The summed E-state index contributed by atoms with van der Waals surface area (Å²) in [4.78, 5) is 2.33. The molecule has 0 heterocycles. The molecule has 112 valence electrons. The van der Waals surface area contributed by atoms with E-state index in [1.54, 1.807) is 14.2 Å². The smallest absolute Gasteiger partial charge is 0.133 e. The van der Waals surface area contributed by atoms with E-state index in [4.69, 9.17) is 9.47 Å². The Hall–Kier alpha value is -0.780. The lowest BCUT2D eigenvalue weighted by Gasteiger charge is -2.37. The average molecular weight is 344 g/mol. The molecule has 0 atom stereocenters. The molecule has 20 heavy (non-hydrogen) atoms. The van der Waals surface area contributed by atoms with Gasteiger partial charge in [0, 0.05) is 24.7 Å². The van der Waals surface area contributed by atoms with E-state index in [0.717, 1.165) is 28.1 Å². The lowest BCUT2D eigenvalue weighted by molar-refractivity contribution is 0.0936. The van der Waals surface area contributed by atoms with Gasteiger partial charge in [0.25, 0.3) is 0 Å². The Morgan fingerprint density at radius 3 is 2.45 bits per heavy atom. The molecule has 1 N–H and O–H groups in total. The maximum absolute atomic E-state index is 9.25. The van der Waals surface area contributed by atoms with Crippen LogP contribution in [-0.4, -0.2) is 43.4 Å². The highest BCUT2D eigenvalue weighted by molar-refractivity contribution is 9.10. The van der Waals surface area contributed by atoms with Crippen molar-refractivity contribution >= 4 is 15.9 Å². The van der Waals surface area contributed by atoms with Gasteiger partial charge in [-0.15, -0.1) is 0 Å². The lowest BCUT2D eigenvalue weighted by atomic mass is 9.91. The Morgan fingerprint density at radius 1 is 1.25 bits per heavy atom. The summed E-state index contributed by atoms with van der Waals surface area (Å²) in [6, 6.07) is 4.53. The number of nitrogens with zero attached hydrogens (tertiary/aromatic N) is 1. The molecule has 4 nitrogen and oxygen atoms in total. The van der Waals surface area contributed by atoms with Crippen LogP contribution in [0.3, 0.4) is 0 Å². The first-order valence-corrected chi connectivity index (χ1v) is 7.74.